The van der Waals surface area contributed by atoms with E-state index in [9.17, 15) is 17.2 Å². The fourth-order valence-corrected chi connectivity index (χ4v) is 5.76. The van der Waals surface area contributed by atoms with Gasteiger partial charge in [-0.2, -0.15) is 0 Å². The van der Waals surface area contributed by atoms with Crippen LogP contribution in [0.2, 0.25) is 0 Å². The lowest BCUT2D eigenvalue weighted by molar-refractivity contribution is -0.949. The molecule has 0 bridgehead atoms. The van der Waals surface area contributed by atoms with Gasteiger partial charge in [0.15, 0.2) is 5.82 Å². The van der Waals surface area contributed by atoms with E-state index < -0.39 is 38.1 Å². The average Bonchev–Trinajstić information content (AvgIpc) is 3.14. The molecule has 34 heavy (non-hydrogen) atoms. The molecule has 2 unspecified atom stereocenters. The molecule has 0 saturated carbocycles. The van der Waals surface area contributed by atoms with E-state index in [0.29, 0.717) is 23.2 Å². The standard InChI is InChI=1S/C22H22BrF3N3O4S/c1-32-13-29(20-7-2-3-10-33-20)12-16(23)22(27-29)15-5-4-6-18(21(15)26)28-34(30,31)19-11-14(24)8-9-17(19)25/h4-6,8-9,11-12,20,28H,2-3,7,10,13H2,1H3/q+1. The maximum absolute atomic E-state index is 15.5. The first kappa shape index (κ1) is 24.9. The summed E-state index contributed by atoms with van der Waals surface area (Å²) in [6.07, 6.45) is 4.06. The largest absolute Gasteiger partial charge is 0.333 e. The fourth-order valence-electron chi connectivity index (χ4n) is 3.96. The van der Waals surface area contributed by atoms with Crippen molar-refractivity contribution in [2.45, 2.75) is 30.4 Å². The van der Waals surface area contributed by atoms with Crippen LogP contribution in [-0.2, 0) is 19.5 Å². The van der Waals surface area contributed by atoms with E-state index in [1.807, 2.05) is 4.72 Å². The van der Waals surface area contributed by atoms with E-state index in [-0.39, 0.29) is 28.8 Å². The van der Waals surface area contributed by atoms with E-state index >= 15 is 4.39 Å². The van der Waals surface area contributed by atoms with Gasteiger partial charge in [-0.1, -0.05) is 11.2 Å². The second-order valence-electron chi connectivity index (χ2n) is 7.90. The molecule has 0 radical (unpaired) electrons. The number of methoxy groups -OCH3 is 1. The van der Waals surface area contributed by atoms with Gasteiger partial charge in [0.1, 0.15) is 32.9 Å². The summed E-state index contributed by atoms with van der Waals surface area (Å²) in [5, 5.41) is 4.70. The van der Waals surface area contributed by atoms with Gasteiger partial charge in [-0.15, -0.1) is 4.59 Å². The zero-order valence-electron chi connectivity index (χ0n) is 18.1. The topological polar surface area (TPSA) is 77.0 Å². The minimum absolute atomic E-state index is 0.00921. The minimum Gasteiger partial charge on any atom is -0.333 e. The van der Waals surface area contributed by atoms with Gasteiger partial charge in [0, 0.05) is 19.1 Å². The first-order valence-corrected chi connectivity index (χ1v) is 12.7. The molecule has 0 spiro atoms. The highest BCUT2D eigenvalue weighted by Gasteiger charge is 2.44. The quantitative estimate of drug-likeness (QED) is 0.493. The van der Waals surface area contributed by atoms with Gasteiger partial charge in [0.2, 0.25) is 13.0 Å². The number of nitrogens with one attached hydrogen (secondary N) is 1. The van der Waals surface area contributed by atoms with Crippen LogP contribution < -0.4 is 4.72 Å². The summed E-state index contributed by atoms with van der Waals surface area (Å²) < 4.78 is 82.1. The summed E-state index contributed by atoms with van der Waals surface area (Å²) in [6.45, 7) is 0.725. The normalized spacial score (nSPS) is 22.9. The molecule has 2 atom stereocenters. The monoisotopic (exact) mass is 560 g/mol. The highest BCUT2D eigenvalue weighted by atomic mass is 79.9. The van der Waals surface area contributed by atoms with E-state index in [4.69, 9.17) is 14.6 Å². The molecular weight excluding hydrogens is 539 g/mol. The Morgan fingerprint density at radius 2 is 2.03 bits per heavy atom. The summed E-state index contributed by atoms with van der Waals surface area (Å²) in [6, 6.07) is 6.06. The number of nitrogens with zero attached hydrogens (tertiary/aromatic N) is 2. The van der Waals surface area contributed by atoms with Crippen molar-refractivity contribution in [2.24, 2.45) is 5.10 Å². The Morgan fingerprint density at radius 3 is 2.74 bits per heavy atom. The Morgan fingerprint density at radius 1 is 1.24 bits per heavy atom. The van der Waals surface area contributed by atoms with Crippen molar-refractivity contribution in [3.63, 3.8) is 0 Å². The summed E-state index contributed by atoms with van der Waals surface area (Å²) >= 11 is 3.44. The predicted octanol–water partition coefficient (Wildman–Crippen LogP) is 4.81. The van der Waals surface area contributed by atoms with Crippen LogP contribution in [-0.4, -0.2) is 45.4 Å². The Bertz CT molecular complexity index is 1270. The van der Waals surface area contributed by atoms with Crippen LogP contribution in [0.1, 0.15) is 24.8 Å². The second kappa shape index (κ2) is 9.78. The molecule has 0 amide bonds. The molecule has 2 aromatic rings. The number of allylic oxidation sites excluding steroid dienone is 1. The van der Waals surface area contributed by atoms with Crippen LogP contribution in [0.25, 0.3) is 0 Å². The van der Waals surface area contributed by atoms with Crippen molar-refractivity contribution in [2.75, 3.05) is 25.2 Å². The maximum Gasteiger partial charge on any atom is 0.265 e. The smallest absolute Gasteiger partial charge is 0.265 e. The maximum atomic E-state index is 15.5. The molecule has 0 aromatic heterocycles. The molecule has 4 rings (SSSR count). The lowest BCUT2D eigenvalue weighted by atomic mass is 10.1. The lowest BCUT2D eigenvalue weighted by Crippen LogP contribution is -2.49. The highest BCUT2D eigenvalue weighted by Crippen LogP contribution is 2.36. The molecule has 2 aliphatic heterocycles. The van der Waals surface area contributed by atoms with Crippen molar-refractivity contribution < 1.29 is 35.7 Å². The van der Waals surface area contributed by atoms with Crippen LogP contribution in [0.4, 0.5) is 18.9 Å². The molecule has 2 heterocycles. The van der Waals surface area contributed by atoms with Gasteiger partial charge in [0.25, 0.3) is 10.0 Å². The van der Waals surface area contributed by atoms with Crippen LogP contribution in [0.15, 0.2) is 57.1 Å². The van der Waals surface area contributed by atoms with Gasteiger partial charge in [-0.05, 0) is 59.1 Å². The minimum atomic E-state index is -4.61. The van der Waals surface area contributed by atoms with Crippen LogP contribution in [0, 0.1) is 17.5 Å². The molecule has 182 valence electrons. The summed E-state index contributed by atoms with van der Waals surface area (Å²) in [5.41, 5.74) is -0.188. The number of anilines is 1. The van der Waals surface area contributed by atoms with Gasteiger partial charge < -0.3 is 9.47 Å². The third-order valence-electron chi connectivity index (χ3n) is 5.52. The highest BCUT2D eigenvalue weighted by molar-refractivity contribution is 9.12. The van der Waals surface area contributed by atoms with Crippen molar-refractivity contribution in [3.05, 3.63) is 70.1 Å². The fraction of sp³-hybridized carbons (Fsp3) is 0.318. The first-order valence-electron chi connectivity index (χ1n) is 10.4. The van der Waals surface area contributed by atoms with E-state index in [0.717, 1.165) is 25.3 Å². The zero-order chi connectivity index (χ0) is 24.5. The molecule has 7 nitrogen and oxygen atoms in total. The number of halogens is 4. The van der Waals surface area contributed by atoms with Crippen LogP contribution >= 0.6 is 15.9 Å². The predicted molar refractivity (Wildman–Crippen MR) is 123 cm³/mol. The molecule has 2 aliphatic rings. The molecule has 12 heteroatoms. The number of hydrogen-bond acceptors (Lipinski definition) is 5. The number of rotatable bonds is 7. The number of ether oxygens (including phenoxy) is 2. The summed E-state index contributed by atoms with van der Waals surface area (Å²) in [4.78, 5) is -0.929. The third-order valence-corrected chi connectivity index (χ3v) is 7.48. The number of sulfonamides is 1. The van der Waals surface area contributed by atoms with Crippen LogP contribution in [0.3, 0.4) is 0 Å². The van der Waals surface area contributed by atoms with Crippen molar-refractivity contribution in [3.8, 4) is 0 Å². The van der Waals surface area contributed by atoms with Crippen molar-refractivity contribution >= 4 is 37.4 Å². The Balaban J connectivity index is 1.71. The zero-order valence-corrected chi connectivity index (χ0v) is 20.5. The number of hydrogen-bond donors (Lipinski definition) is 1. The Hall–Kier alpha value is -2.25. The molecule has 1 fully saturated rings. The molecule has 2 aromatic carbocycles. The van der Waals surface area contributed by atoms with E-state index in [2.05, 4.69) is 15.9 Å². The van der Waals surface area contributed by atoms with E-state index in [1.165, 1.54) is 25.3 Å². The molecule has 1 saturated heterocycles. The lowest BCUT2D eigenvalue weighted by Gasteiger charge is -2.35. The van der Waals surface area contributed by atoms with Gasteiger partial charge in [-0.25, -0.2) is 21.6 Å². The van der Waals surface area contributed by atoms with Gasteiger partial charge >= 0.3 is 0 Å². The average molecular weight is 561 g/mol. The first-order chi connectivity index (χ1) is 16.2. The summed E-state index contributed by atoms with van der Waals surface area (Å²) in [5.74, 6) is -3.03. The Kier molecular flexibility index (Phi) is 7.15. The molecular formula is C22H22BrF3N3O4S+. The summed E-state index contributed by atoms with van der Waals surface area (Å²) in [7, 11) is -3.08. The van der Waals surface area contributed by atoms with Gasteiger partial charge in [-0.3, -0.25) is 4.72 Å². The Labute approximate surface area is 203 Å². The van der Waals surface area contributed by atoms with Crippen molar-refractivity contribution in [1.29, 1.82) is 0 Å². The number of quaternary nitrogens is 1. The van der Waals surface area contributed by atoms with Gasteiger partial charge in [0.05, 0.1) is 12.3 Å². The third kappa shape index (κ3) is 4.78. The SMILES string of the molecule is COC[N+]1(C2CCCCO2)C=C(Br)C(c2cccc(NS(=O)(=O)c3cc(F)ccc3F)c2F)=N1. The molecule has 0 aliphatic carbocycles. The molecule has 1 N–H and O–H groups in total. The number of benzene rings is 2. The van der Waals surface area contributed by atoms with E-state index in [1.54, 1.807) is 6.20 Å². The van der Waals surface area contributed by atoms with Crippen LogP contribution in [0.5, 0.6) is 0 Å². The second-order valence-corrected chi connectivity index (χ2v) is 10.4. The van der Waals surface area contributed by atoms with Crippen molar-refractivity contribution in [1.82, 2.24) is 0 Å².